The van der Waals surface area contributed by atoms with Gasteiger partial charge in [0, 0.05) is 12.6 Å². The molecule has 0 spiro atoms. The van der Waals surface area contributed by atoms with E-state index in [2.05, 4.69) is 36.4 Å². The van der Waals surface area contributed by atoms with E-state index in [0.717, 1.165) is 19.4 Å². The summed E-state index contributed by atoms with van der Waals surface area (Å²) >= 11 is 1.32. The predicted octanol–water partition coefficient (Wildman–Crippen LogP) is 3.49. The zero-order chi connectivity index (χ0) is 15.8. The van der Waals surface area contributed by atoms with Crippen LogP contribution in [0.1, 0.15) is 63.0 Å². The Bertz CT molecular complexity index is 445. The number of thiazole rings is 1. The molecule has 1 amide bonds. The van der Waals surface area contributed by atoms with Gasteiger partial charge in [0.2, 0.25) is 0 Å². The van der Waals surface area contributed by atoms with Gasteiger partial charge in [0.1, 0.15) is 10.7 Å². The first-order valence-corrected chi connectivity index (χ1v) is 8.56. The number of nitrogens with zero attached hydrogens (tertiary/aromatic N) is 1. The molecule has 120 valence electrons. The average Bonchev–Trinajstić information content (AvgIpc) is 2.78. The highest BCUT2D eigenvalue weighted by Crippen LogP contribution is 2.25. The third-order valence-electron chi connectivity index (χ3n) is 3.14. The monoisotopic (exact) mass is 312 g/mol. The molecular weight excluding hydrogens is 284 g/mol. The maximum Gasteiger partial charge on any atom is 0.265 e. The molecule has 1 heterocycles. The van der Waals surface area contributed by atoms with Gasteiger partial charge in [-0.15, -0.1) is 0 Å². The molecule has 0 aliphatic carbocycles. The maximum atomic E-state index is 12.2. The first kappa shape index (κ1) is 17.8. The molecule has 0 saturated heterocycles. The summed E-state index contributed by atoms with van der Waals surface area (Å²) in [6.45, 7) is 9.27. The number of hydrogen-bond acceptors (Lipinski definition) is 5. The quantitative estimate of drug-likeness (QED) is 0.610. The molecule has 1 atom stereocenters. The van der Waals surface area contributed by atoms with Gasteiger partial charge in [-0.2, -0.15) is 0 Å². The van der Waals surface area contributed by atoms with E-state index in [9.17, 15) is 4.79 Å². The van der Waals surface area contributed by atoms with Gasteiger partial charge in [0.25, 0.3) is 5.91 Å². The summed E-state index contributed by atoms with van der Waals surface area (Å²) in [6.07, 6.45) is 4.52. The number of anilines is 2. The molecule has 5 nitrogen and oxygen atoms in total. The van der Waals surface area contributed by atoms with Gasteiger partial charge >= 0.3 is 0 Å². The number of rotatable bonds is 9. The van der Waals surface area contributed by atoms with Gasteiger partial charge in [0.05, 0.1) is 0 Å². The number of nitrogens with one attached hydrogen (secondary N) is 2. The molecule has 0 fully saturated rings. The molecule has 0 radical (unpaired) electrons. The highest BCUT2D eigenvalue weighted by molar-refractivity contribution is 7.18. The number of nitrogen functional groups attached to an aromatic ring is 1. The van der Waals surface area contributed by atoms with Gasteiger partial charge in [-0.1, -0.05) is 51.4 Å². The molecule has 0 aliphatic rings. The van der Waals surface area contributed by atoms with Crippen molar-refractivity contribution in [3.05, 3.63) is 4.88 Å². The van der Waals surface area contributed by atoms with Crippen LogP contribution >= 0.6 is 11.3 Å². The van der Waals surface area contributed by atoms with Crippen LogP contribution in [-0.4, -0.2) is 23.5 Å². The van der Waals surface area contributed by atoms with Crippen LogP contribution in [0.5, 0.6) is 0 Å². The van der Waals surface area contributed by atoms with Crippen LogP contribution in [0.25, 0.3) is 0 Å². The van der Waals surface area contributed by atoms with E-state index in [1.54, 1.807) is 0 Å². The highest BCUT2D eigenvalue weighted by Gasteiger charge is 2.17. The Morgan fingerprint density at radius 2 is 2.05 bits per heavy atom. The SMILES string of the molecule is CCCCCC(C)NC(=O)c1sc(NCC(C)C)nc1N. The zero-order valence-corrected chi connectivity index (χ0v) is 14.3. The minimum absolute atomic E-state index is 0.119. The van der Waals surface area contributed by atoms with E-state index >= 15 is 0 Å². The second-order valence-corrected chi connectivity index (χ2v) is 6.88. The van der Waals surface area contributed by atoms with Crippen LogP contribution in [0.4, 0.5) is 10.9 Å². The summed E-state index contributed by atoms with van der Waals surface area (Å²) in [4.78, 5) is 16.9. The topological polar surface area (TPSA) is 80.0 Å². The minimum atomic E-state index is -0.119. The van der Waals surface area contributed by atoms with E-state index in [4.69, 9.17) is 5.73 Å². The Labute approximate surface area is 131 Å². The van der Waals surface area contributed by atoms with Crippen LogP contribution < -0.4 is 16.4 Å². The van der Waals surface area contributed by atoms with Gasteiger partial charge in [-0.25, -0.2) is 4.98 Å². The molecule has 21 heavy (non-hydrogen) atoms. The fourth-order valence-corrected chi connectivity index (χ4v) is 2.72. The second-order valence-electron chi connectivity index (χ2n) is 5.88. The van der Waals surface area contributed by atoms with Gasteiger partial charge in [-0.3, -0.25) is 4.79 Å². The van der Waals surface area contributed by atoms with Crippen molar-refractivity contribution in [3.63, 3.8) is 0 Å². The summed E-state index contributed by atoms with van der Waals surface area (Å²) in [5, 5.41) is 6.91. The van der Waals surface area contributed by atoms with E-state index in [1.807, 2.05) is 6.92 Å². The molecule has 0 aromatic carbocycles. The Kier molecular flexibility index (Phi) is 7.50. The van der Waals surface area contributed by atoms with E-state index < -0.39 is 0 Å². The molecule has 0 bridgehead atoms. The third-order valence-corrected chi connectivity index (χ3v) is 4.17. The van der Waals surface area contributed by atoms with E-state index in [1.165, 1.54) is 24.2 Å². The largest absolute Gasteiger partial charge is 0.382 e. The third kappa shape index (κ3) is 6.33. The van der Waals surface area contributed by atoms with Crippen LogP contribution in [-0.2, 0) is 0 Å². The Balaban J connectivity index is 2.53. The molecule has 0 saturated carbocycles. The lowest BCUT2D eigenvalue weighted by atomic mass is 10.1. The van der Waals surface area contributed by atoms with Crippen molar-refractivity contribution in [1.29, 1.82) is 0 Å². The van der Waals surface area contributed by atoms with Crippen molar-refractivity contribution in [2.75, 3.05) is 17.6 Å². The number of unbranched alkanes of at least 4 members (excludes halogenated alkanes) is 2. The normalized spacial score (nSPS) is 12.4. The van der Waals surface area contributed by atoms with Crippen LogP contribution in [0, 0.1) is 5.92 Å². The first-order valence-electron chi connectivity index (χ1n) is 7.75. The van der Waals surface area contributed by atoms with Crippen molar-refractivity contribution in [3.8, 4) is 0 Å². The number of carbonyl (C=O) groups is 1. The Hall–Kier alpha value is -1.30. The van der Waals surface area contributed by atoms with Gasteiger partial charge in [-0.05, 0) is 19.3 Å². The van der Waals surface area contributed by atoms with Gasteiger partial charge in [0.15, 0.2) is 5.13 Å². The lowest BCUT2D eigenvalue weighted by Crippen LogP contribution is -2.32. The van der Waals surface area contributed by atoms with E-state index in [0.29, 0.717) is 21.7 Å². The van der Waals surface area contributed by atoms with Crippen molar-refractivity contribution in [2.24, 2.45) is 5.92 Å². The number of hydrogen-bond donors (Lipinski definition) is 3. The molecule has 6 heteroatoms. The zero-order valence-electron chi connectivity index (χ0n) is 13.5. The molecule has 1 rings (SSSR count). The lowest BCUT2D eigenvalue weighted by molar-refractivity contribution is 0.0942. The summed E-state index contributed by atoms with van der Waals surface area (Å²) < 4.78 is 0. The molecule has 0 aliphatic heterocycles. The number of amides is 1. The standard InChI is InChI=1S/C15H28N4OS/c1-5-6-7-8-11(4)18-14(20)12-13(16)19-15(21-12)17-9-10(2)3/h10-11H,5-9,16H2,1-4H3,(H,17,19)(H,18,20). The van der Waals surface area contributed by atoms with Crippen LogP contribution in [0.2, 0.25) is 0 Å². The summed E-state index contributed by atoms with van der Waals surface area (Å²) in [5.41, 5.74) is 5.84. The molecule has 1 aromatic rings. The second kappa shape index (κ2) is 8.87. The fraction of sp³-hybridized carbons (Fsp3) is 0.733. The molecule has 1 unspecified atom stereocenters. The molecule has 4 N–H and O–H groups in total. The van der Waals surface area contributed by atoms with Crippen LogP contribution in [0.3, 0.4) is 0 Å². The first-order chi connectivity index (χ1) is 9.93. The lowest BCUT2D eigenvalue weighted by Gasteiger charge is -2.12. The maximum absolute atomic E-state index is 12.2. The Morgan fingerprint density at radius 3 is 2.67 bits per heavy atom. The van der Waals surface area contributed by atoms with E-state index in [-0.39, 0.29) is 11.9 Å². The van der Waals surface area contributed by atoms with Crippen LogP contribution in [0.15, 0.2) is 0 Å². The predicted molar refractivity (Wildman–Crippen MR) is 90.9 cm³/mol. The molecule has 1 aromatic heterocycles. The fourth-order valence-electron chi connectivity index (χ4n) is 1.92. The van der Waals surface area contributed by atoms with Crippen molar-refractivity contribution in [2.45, 2.75) is 59.4 Å². The number of nitrogens with two attached hydrogens (primary N) is 1. The van der Waals surface area contributed by atoms with Gasteiger partial charge < -0.3 is 16.4 Å². The summed E-state index contributed by atoms with van der Waals surface area (Å²) in [6, 6.07) is 0.164. The summed E-state index contributed by atoms with van der Waals surface area (Å²) in [7, 11) is 0. The van der Waals surface area contributed by atoms with Crippen molar-refractivity contribution >= 4 is 28.2 Å². The Morgan fingerprint density at radius 1 is 1.33 bits per heavy atom. The van der Waals surface area contributed by atoms with Crippen molar-refractivity contribution < 1.29 is 4.79 Å². The number of aromatic nitrogens is 1. The smallest absolute Gasteiger partial charge is 0.265 e. The molecular formula is C15H28N4OS. The number of carbonyl (C=O) groups excluding carboxylic acids is 1. The minimum Gasteiger partial charge on any atom is -0.382 e. The summed E-state index contributed by atoms with van der Waals surface area (Å²) in [5.74, 6) is 0.710. The highest BCUT2D eigenvalue weighted by atomic mass is 32.1. The average molecular weight is 312 g/mol. The van der Waals surface area contributed by atoms with Crippen molar-refractivity contribution in [1.82, 2.24) is 10.3 Å².